The molecule has 5 heteroatoms. The number of nitrogens with one attached hydrogen (secondary N) is 1. The number of hydrogen-bond donors (Lipinski definition) is 1. The Morgan fingerprint density at radius 3 is 2.77 bits per heavy atom. The lowest BCUT2D eigenvalue weighted by molar-refractivity contribution is -0.136. The molecular weight excluding hydrogens is 280 g/mol. The Hall–Kier alpha value is -2.04. The summed E-state index contributed by atoms with van der Waals surface area (Å²) in [6.07, 6.45) is 3.25. The van der Waals surface area contributed by atoms with E-state index >= 15 is 0 Å². The minimum Gasteiger partial charge on any atom is -0.445 e. The number of rotatable bonds is 2. The summed E-state index contributed by atoms with van der Waals surface area (Å²) in [5.74, 6) is 0.0966. The standard InChI is InChI=1S/C17H22N2O3/c20-15-17(8-4-10-18-15)9-5-11-19(13-17)16(21)22-12-14-6-2-1-3-7-14/h1-3,6-7H,4-5,8-13H2,(H,18,20)/t17-/m0/s1. The van der Waals surface area contributed by atoms with Crippen LogP contribution in [0, 0.1) is 5.41 Å². The first-order chi connectivity index (χ1) is 10.7. The molecule has 0 radical (unpaired) electrons. The third kappa shape index (κ3) is 3.08. The molecule has 0 unspecified atom stereocenters. The molecule has 1 N–H and O–H groups in total. The monoisotopic (exact) mass is 302 g/mol. The summed E-state index contributed by atoms with van der Waals surface area (Å²) in [6, 6.07) is 9.64. The highest BCUT2D eigenvalue weighted by Gasteiger charge is 2.44. The maximum atomic E-state index is 12.3. The van der Waals surface area contributed by atoms with Crippen molar-refractivity contribution in [3.8, 4) is 0 Å². The minimum absolute atomic E-state index is 0.0966. The molecule has 1 atom stereocenters. The van der Waals surface area contributed by atoms with Gasteiger partial charge in [-0.25, -0.2) is 4.79 Å². The smallest absolute Gasteiger partial charge is 0.410 e. The zero-order valence-electron chi connectivity index (χ0n) is 12.7. The second-order valence-electron chi connectivity index (χ2n) is 6.21. The van der Waals surface area contributed by atoms with Crippen LogP contribution in [-0.2, 0) is 16.1 Å². The summed E-state index contributed by atoms with van der Waals surface area (Å²) in [6.45, 7) is 2.17. The van der Waals surface area contributed by atoms with Gasteiger partial charge < -0.3 is 15.0 Å². The summed E-state index contributed by atoms with van der Waals surface area (Å²) in [4.78, 5) is 26.2. The number of carbonyl (C=O) groups is 2. The predicted molar refractivity (Wildman–Crippen MR) is 82.1 cm³/mol. The largest absolute Gasteiger partial charge is 0.445 e. The van der Waals surface area contributed by atoms with Crippen molar-refractivity contribution in [2.75, 3.05) is 19.6 Å². The van der Waals surface area contributed by atoms with Gasteiger partial charge in [0.05, 0.1) is 5.41 Å². The van der Waals surface area contributed by atoms with E-state index in [1.807, 2.05) is 30.3 Å². The molecule has 3 rings (SSSR count). The van der Waals surface area contributed by atoms with Gasteiger partial charge in [0.25, 0.3) is 0 Å². The summed E-state index contributed by atoms with van der Waals surface area (Å²) in [5.41, 5.74) is 0.570. The number of likely N-dealkylation sites (tertiary alicyclic amines) is 1. The molecule has 2 heterocycles. The van der Waals surface area contributed by atoms with E-state index in [-0.39, 0.29) is 18.6 Å². The Balaban J connectivity index is 1.59. The van der Waals surface area contributed by atoms with Crippen LogP contribution in [0.5, 0.6) is 0 Å². The van der Waals surface area contributed by atoms with E-state index in [2.05, 4.69) is 5.32 Å². The number of ether oxygens (including phenoxy) is 1. The third-order valence-corrected chi connectivity index (χ3v) is 4.64. The lowest BCUT2D eigenvalue weighted by Gasteiger charge is -2.43. The zero-order valence-corrected chi connectivity index (χ0v) is 12.7. The molecule has 2 amide bonds. The fraction of sp³-hybridized carbons (Fsp3) is 0.529. The lowest BCUT2D eigenvalue weighted by atomic mass is 9.74. The minimum atomic E-state index is -0.401. The number of hydrogen-bond acceptors (Lipinski definition) is 3. The van der Waals surface area contributed by atoms with Crippen LogP contribution in [0.4, 0.5) is 4.79 Å². The molecule has 22 heavy (non-hydrogen) atoms. The van der Waals surface area contributed by atoms with Gasteiger partial charge in [-0.2, -0.15) is 0 Å². The molecule has 1 aromatic carbocycles. The fourth-order valence-corrected chi connectivity index (χ4v) is 3.42. The SMILES string of the molecule is O=C(OCc1ccccc1)N1CCC[C@@]2(CCCNC2=O)C1. The number of benzene rings is 1. The van der Waals surface area contributed by atoms with E-state index in [4.69, 9.17) is 4.74 Å². The maximum absolute atomic E-state index is 12.3. The van der Waals surface area contributed by atoms with Crippen LogP contribution in [0.3, 0.4) is 0 Å². The molecule has 1 spiro atoms. The van der Waals surface area contributed by atoms with Gasteiger partial charge in [0.15, 0.2) is 0 Å². The van der Waals surface area contributed by atoms with Crippen molar-refractivity contribution in [2.45, 2.75) is 32.3 Å². The quantitative estimate of drug-likeness (QED) is 0.912. The van der Waals surface area contributed by atoms with Crippen molar-refractivity contribution < 1.29 is 14.3 Å². The Labute approximate surface area is 130 Å². The summed E-state index contributed by atoms with van der Waals surface area (Å²) < 4.78 is 5.39. The molecule has 0 aliphatic carbocycles. The highest BCUT2D eigenvalue weighted by molar-refractivity contribution is 5.84. The van der Waals surface area contributed by atoms with Crippen molar-refractivity contribution in [1.82, 2.24) is 10.2 Å². The van der Waals surface area contributed by atoms with Gasteiger partial charge in [-0.1, -0.05) is 30.3 Å². The van der Waals surface area contributed by atoms with Crippen molar-refractivity contribution in [2.24, 2.45) is 5.41 Å². The van der Waals surface area contributed by atoms with E-state index in [9.17, 15) is 9.59 Å². The van der Waals surface area contributed by atoms with Crippen molar-refractivity contribution in [3.63, 3.8) is 0 Å². The van der Waals surface area contributed by atoms with Gasteiger partial charge in [0.2, 0.25) is 5.91 Å². The second-order valence-corrected chi connectivity index (χ2v) is 6.21. The molecule has 2 aliphatic heterocycles. The van der Waals surface area contributed by atoms with Crippen LogP contribution in [0.15, 0.2) is 30.3 Å². The molecule has 1 aromatic rings. The molecular formula is C17H22N2O3. The first kappa shape index (κ1) is 14.9. The van der Waals surface area contributed by atoms with Gasteiger partial charge in [-0.3, -0.25) is 4.79 Å². The van der Waals surface area contributed by atoms with Gasteiger partial charge >= 0.3 is 6.09 Å². The number of amides is 2. The first-order valence-corrected chi connectivity index (χ1v) is 7.94. The van der Waals surface area contributed by atoms with Gasteiger partial charge in [0.1, 0.15) is 6.61 Å². The zero-order chi connectivity index (χ0) is 15.4. The second kappa shape index (κ2) is 6.38. The predicted octanol–water partition coefficient (Wildman–Crippen LogP) is 2.32. The van der Waals surface area contributed by atoms with Gasteiger partial charge in [-0.05, 0) is 31.2 Å². The molecule has 2 fully saturated rings. The number of carbonyl (C=O) groups excluding carboxylic acids is 2. The summed E-state index contributed by atoms with van der Waals surface area (Å²) in [7, 11) is 0. The molecule has 0 bridgehead atoms. The molecule has 118 valence electrons. The Morgan fingerprint density at radius 1 is 1.23 bits per heavy atom. The Kier molecular flexibility index (Phi) is 4.32. The number of nitrogens with zero attached hydrogens (tertiary/aromatic N) is 1. The molecule has 2 saturated heterocycles. The summed E-state index contributed by atoms with van der Waals surface area (Å²) in [5, 5.41) is 2.94. The van der Waals surface area contributed by atoms with Crippen LogP contribution in [0.2, 0.25) is 0 Å². The Morgan fingerprint density at radius 2 is 2.00 bits per heavy atom. The normalized spacial score (nSPS) is 24.9. The van der Waals surface area contributed by atoms with E-state index in [0.29, 0.717) is 13.1 Å². The molecule has 5 nitrogen and oxygen atoms in total. The fourth-order valence-electron chi connectivity index (χ4n) is 3.42. The van der Waals surface area contributed by atoms with Crippen LogP contribution < -0.4 is 5.32 Å². The van der Waals surface area contributed by atoms with Crippen LogP contribution >= 0.6 is 0 Å². The topological polar surface area (TPSA) is 58.6 Å². The van der Waals surface area contributed by atoms with Crippen molar-refractivity contribution >= 4 is 12.0 Å². The van der Waals surface area contributed by atoms with E-state index in [0.717, 1.165) is 37.8 Å². The molecule has 2 aliphatic rings. The van der Waals surface area contributed by atoms with Gasteiger partial charge in [0, 0.05) is 19.6 Å². The third-order valence-electron chi connectivity index (χ3n) is 4.64. The molecule has 0 saturated carbocycles. The van der Waals surface area contributed by atoms with Crippen LogP contribution in [-0.4, -0.2) is 36.5 Å². The van der Waals surface area contributed by atoms with Crippen LogP contribution in [0.1, 0.15) is 31.2 Å². The number of piperidine rings is 2. The Bertz CT molecular complexity index is 542. The average molecular weight is 302 g/mol. The van der Waals surface area contributed by atoms with Crippen LogP contribution in [0.25, 0.3) is 0 Å². The highest BCUT2D eigenvalue weighted by Crippen LogP contribution is 2.37. The first-order valence-electron chi connectivity index (χ1n) is 7.94. The highest BCUT2D eigenvalue weighted by atomic mass is 16.6. The lowest BCUT2D eigenvalue weighted by Crippen LogP contribution is -2.55. The van der Waals surface area contributed by atoms with Crippen molar-refractivity contribution in [3.05, 3.63) is 35.9 Å². The van der Waals surface area contributed by atoms with E-state index < -0.39 is 5.41 Å². The summed E-state index contributed by atoms with van der Waals surface area (Å²) >= 11 is 0. The van der Waals surface area contributed by atoms with E-state index in [1.54, 1.807) is 4.90 Å². The molecule has 0 aromatic heterocycles. The van der Waals surface area contributed by atoms with E-state index in [1.165, 1.54) is 0 Å². The maximum Gasteiger partial charge on any atom is 0.410 e. The van der Waals surface area contributed by atoms with Gasteiger partial charge in [-0.15, -0.1) is 0 Å². The van der Waals surface area contributed by atoms with Crippen molar-refractivity contribution in [1.29, 1.82) is 0 Å². The average Bonchev–Trinajstić information content (AvgIpc) is 2.57.